The second-order valence-electron chi connectivity index (χ2n) is 5.09. The minimum atomic E-state index is 0.722. The molecule has 0 spiro atoms. The van der Waals surface area contributed by atoms with Gasteiger partial charge in [0.15, 0.2) is 0 Å². The minimum Gasteiger partial charge on any atom is -0.457 e. The Hall–Kier alpha value is -1.51. The van der Waals surface area contributed by atoms with Gasteiger partial charge in [0, 0.05) is 17.1 Å². The van der Waals surface area contributed by atoms with Crippen LogP contribution < -0.4 is 10.1 Å². The van der Waals surface area contributed by atoms with Gasteiger partial charge in [-0.15, -0.1) is 0 Å². The lowest BCUT2D eigenvalue weighted by Gasteiger charge is -2.15. The first kappa shape index (κ1) is 14.9. The Morgan fingerprint density at radius 3 is 2.50 bits per heavy atom. The van der Waals surface area contributed by atoms with E-state index < -0.39 is 0 Å². The molecule has 0 amide bonds. The van der Waals surface area contributed by atoms with Crippen molar-refractivity contribution in [3.8, 4) is 11.5 Å². The normalized spacial score (nSPS) is 10.7. The number of rotatable bonds is 4. The maximum atomic E-state index is 6.11. The zero-order chi connectivity index (χ0) is 14.7. The van der Waals surface area contributed by atoms with Crippen molar-refractivity contribution in [2.24, 2.45) is 0 Å². The molecule has 0 unspecified atom stereocenters. The van der Waals surface area contributed by atoms with Gasteiger partial charge in [0.2, 0.25) is 0 Å². The highest BCUT2D eigenvalue weighted by atomic mass is 35.5. The van der Waals surface area contributed by atoms with E-state index in [1.54, 1.807) is 0 Å². The molecule has 2 nitrogen and oxygen atoms in total. The van der Waals surface area contributed by atoms with Gasteiger partial charge in [-0.2, -0.15) is 0 Å². The van der Waals surface area contributed by atoms with Gasteiger partial charge in [-0.1, -0.05) is 17.7 Å². The lowest BCUT2D eigenvalue weighted by molar-refractivity contribution is 0.470. The monoisotopic (exact) mass is 289 g/mol. The van der Waals surface area contributed by atoms with Crippen molar-refractivity contribution in [2.45, 2.75) is 27.3 Å². The fraction of sp³-hybridized carbons (Fsp3) is 0.294. The topological polar surface area (TPSA) is 21.3 Å². The minimum absolute atomic E-state index is 0.722. The van der Waals surface area contributed by atoms with Crippen LogP contribution in [0, 0.1) is 20.8 Å². The molecule has 0 heterocycles. The second-order valence-corrected chi connectivity index (χ2v) is 5.53. The number of hydrogen-bond donors (Lipinski definition) is 1. The largest absolute Gasteiger partial charge is 0.457 e. The summed E-state index contributed by atoms with van der Waals surface area (Å²) in [4.78, 5) is 0. The first-order chi connectivity index (χ1) is 9.51. The molecule has 3 heteroatoms. The van der Waals surface area contributed by atoms with Crippen molar-refractivity contribution < 1.29 is 4.74 Å². The maximum Gasteiger partial charge on any atom is 0.132 e. The van der Waals surface area contributed by atoms with Gasteiger partial charge in [-0.25, -0.2) is 0 Å². The van der Waals surface area contributed by atoms with Crippen molar-refractivity contribution in [2.75, 3.05) is 7.05 Å². The third-order valence-electron chi connectivity index (χ3n) is 3.37. The number of nitrogens with one attached hydrogen (secondary N) is 1. The van der Waals surface area contributed by atoms with Gasteiger partial charge in [-0.3, -0.25) is 0 Å². The Balaban J connectivity index is 2.39. The highest BCUT2D eigenvalue weighted by molar-refractivity contribution is 6.30. The molecule has 0 atom stereocenters. The Morgan fingerprint density at radius 2 is 1.80 bits per heavy atom. The quantitative estimate of drug-likeness (QED) is 0.875. The van der Waals surface area contributed by atoms with E-state index in [1.165, 1.54) is 16.7 Å². The predicted molar refractivity (Wildman–Crippen MR) is 84.9 cm³/mol. The van der Waals surface area contributed by atoms with E-state index in [4.69, 9.17) is 16.3 Å². The smallest absolute Gasteiger partial charge is 0.132 e. The van der Waals surface area contributed by atoms with Crippen LogP contribution in [0.2, 0.25) is 5.02 Å². The maximum absolute atomic E-state index is 6.11. The van der Waals surface area contributed by atoms with Crippen LogP contribution in [0.3, 0.4) is 0 Å². The molecule has 0 saturated heterocycles. The molecule has 0 aromatic heterocycles. The van der Waals surface area contributed by atoms with Crippen LogP contribution in [-0.4, -0.2) is 7.05 Å². The molecular weight excluding hydrogens is 270 g/mol. The predicted octanol–water partition coefficient (Wildman–Crippen LogP) is 4.78. The van der Waals surface area contributed by atoms with Crippen molar-refractivity contribution in [3.63, 3.8) is 0 Å². The summed E-state index contributed by atoms with van der Waals surface area (Å²) in [5.41, 5.74) is 4.66. The lowest BCUT2D eigenvalue weighted by atomic mass is 10.1. The molecule has 0 radical (unpaired) electrons. The van der Waals surface area contributed by atoms with Gasteiger partial charge < -0.3 is 10.1 Å². The molecule has 106 valence electrons. The van der Waals surface area contributed by atoms with Crippen LogP contribution in [0.1, 0.15) is 22.3 Å². The molecule has 1 N–H and O–H groups in total. The average molecular weight is 290 g/mol. The summed E-state index contributed by atoms with van der Waals surface area (Å²) < 4.78 is 6.11. The van der Waals surface area contributed by atoms with Gasteiger partial charge in [0.05, 0.1) is 0 Å². The summed E-state index contributed by atoms with van der Waals surface area (Å²) >= 11 is 6.05. The summed E-state index contributed by atoms with van der Waals surface area (Å²) in [6, 6.07) is 9.95. The standard InChI is InChI=1S/C17H20ClNO/c1-11-7-12(2)13(3)17(8-11)20-16-6-5-15(18)9-14(16)10-19-4/h5-9,19H,10H2,1-4H3. The number of halogens is 1. The zero-order valence-electron chi connectivity index (χ0n) is 12.4. The Bertz CT molecular complexity index is 623. The van der Waals surface area contributed by atoms with Crippen LogP contribution >= 0.6 is 11.6 Å². The first-order valence-electron chi connectivity index (χ1n) is 6.70. The Kier molecular flexibility index (Phi) is 4.69. The van der Waals surface area contributed by atoms with Crippen molar-refractivity contribution in [1.82, 2.24) is 5.32 Å². The third kappa shape index (κ3) is 3.33. The van der Waals surface area contributed by atoms with E-state index in [-0.39, 0.29) is 0 Å². The average Bonchev–Trinajstić information content (AvgIpc) is 2.38. The van der Waals surface area contributed by atoms with Crippen LogP contribution in [-0.2, 0) is 6.54 Å². The summed E-state index contributed by atoms with van der Waals surface area (Å²) in [7, 11) is 1.91. The summed E-state index contributed by atoms with van der Waals surface area (Å²) in [6.07, 6.45) is 0. The number of ether oxygens (including phenoxy) is 1. The van der Waals surface area contributed by atoms with Crippen molar-refractivity contribution in [3.05, 3.63) is 57.6 Å². The molecule has 0 aliphatic rings. The fourth-order valence-electron chi connectivity index (χ4n) is 2.20. The van der Waals surface area contributed by atoms with Crippen LogP contribution in [0.25, 0.3) is 0 Å². The van der Waals surface area contributed by atoms with Gasteiger partial charge in [0.25, 0.3) is 0 Å². The number of hydrogen-bond acceptors (Lipinski definition) is 2. The fourth-order valence-corrected chi connectivity index (χ4v) is 2.40. The SMILES string of the molecule is CNCc1cc(Cl)ccc1Oc1cc(C)cc(C)c1C. The van der Waals surface area contributed by atoms with E-state index >= 15 is 0 Å². The Morgan fingerprint density at radius 1 is 1.05 bits per heavy atom. The molecule has 2 rings (SSSR count). The van der Waals surface area contributed by atoms with Crippen LogP contribution in [0.4, 0.5) is 0 Å². The van der Waals surface area contributed by atoms with E-state index in [0.29, 0.717) is 0 Å². The Labute approximate surface area is 125 Å². The van der Waals surface area contributed by atoms with Gasteiger partial charge >= 0.3 is 0 Å². The molecule has 2 aromatic rings. The van der Waals surface area contributed by atoms with Gasteiger partial charge in [-0.05, 0) is 68.8 Å². The highest BCUT2D eigenvalue weighted by Gasteiger charge is 2.09. The molecular formula is C17H20ClNO. The molecule has 20 heavy (non-hydrogen) atoms. The summed E-state index contributed by atoms with van der Waals surface area (Å²) in [6.45, 7) is 6.98. The van der Waals surface area contributed by atoms with Crippen LogP contribution in [0.15, 0.2) is 30.3 Å². The van der Waals surface area contributed by atoms with Crippen molar-refractivity contribution >= 4 is 11.6 Å². The van der Waals surface area contributed by atoms with E-state index in [1.807, 2.05) is 25.2 Å². The van der Waals surface area contributed by atoms with Crippen LogP contribution in [0.5, 0.6) is 11.5 Å². The molecule has 0 fully saturated rings. The lowest BCUT2D eigenvalue weighted by Crippen LogP contribution is -2.06. The number of aryl methyl sites for hydroxylation is 2. The molecule has 0 aliphatic heterocycles. The molecule has 0 saturated carbocycles. The second kappa shape index (κ2) is 6.29. The molecule has 0 bridgehead atoms. The first-order valence-corrected chi connectivity index (χ1v) is 7.08. The van der Waals surface area contributed by atoms with Crippen molar-refractivity contribution in [1.29, 1.82) is 0 Å². The summed E-state index contributed by atoms with van der Waals surface area (Å²) in [5, 5.41) is 3.86. The third-order valence-corrected chi connectivity index (χ3v) is 3.61. The highest BCUT2D eigenvalue weighted by Crippen LogP contribution is 2.31. The number of benzene rings is 2. The molecule has 0 aliphatic carbocycles. The molecule has 2 aromatic carbocycles. The zero-order valence-corrected chi connectivity index (χ0v) is 13.1. The van der Waals surface area contributed by atoms with Gasteiger partial charge in [0.1, 0.15) is 11.5 Å². The van der Waals surface area contributed by atoms with E-state index in [0.717, 1.165) is 28.6 Å². The van der Waals surface area contributed by atoms with E-state index in [9.17, 15) is 0 Å². The summed E-state index contributed by atoms with van der Waals surface area (Å²) in [5.74, 6) is 1.75. The van der Waals surface area contributed by atoms with E-state index in [2.05, 4.69) is 38.2 Å².